The van der Waals surface area contributed by atoms with E-state index in [1.54, 1.807) is 17.1 Å². The van der Waals surface area contributed by atoms with Crippen molar-refractivity contribution in [3.8, 4) is 0 Å². The fourth-order valence-corrected chi connectivity index (χ4v) is 7.55. The predicted octanol–water partition coefficient (Wildman–Crippen LogP) is 2.58. The van der Waals surface area contributed by atoms with Crippen LogP contribution in [0.15, 0.2) is 25.3 Å². The molecule has 6 atom stereocenters. The maximum Gasteiger partial charge on any atom is 0.312 e. The van der Waals surface area contributed by atoms with Crippen molar-refractivity contribution in [3.63, 3.8) is 0 Å². The van der Waals surface area contributed by atoms with E-state index >= 15 is 0 Å². The fraction of sp³-hybridized carbons (Fsp3) is 0.731. The number of fused-ring (bicyclic) bond motifs is 1. The molecule has 1 N–H and O–H groups in total. The van der Waals surface area contributed by atoms with E-state index < -0.39 is 35.6 Å². The van der Waals surface area contributed by atoms with Gasteiger partial charge in [0.15, 0.2) is 0 Å². The number of rotatable bonds is 11. The van der Waals surface area contributed by atoms with Gasteiger partial charge < -0.3 is 24.4 Å². The summed E-state index contributed by atoms with van der Waals surface area (Å²) in [6.45, 7) is 8.25. The highest BCUT2D eigenvalue weighted by molar-refractivity contribution is 9.09. The second-order valence-electron chi connectivity index (χ2n) is 10.1. The van der Waals surface area contributed by atoms with Gasteiger partial charge in [-0.25, -0.2) is 0 Å². The van der Waals surface area contributed by atoms with Crippen molar-refractivity contribution < 1.29 is 29.0 Å². The number of halogens is 1. The Morgan fingerprint density at radius 2 is 2.00 bits per heavy atom. The molecular formula is C26H37BrN2O6. The van der Waals surface area contributed by atoms with E-state index in [9.17, 15) is 19.5 Å². The number of ether oxygens (including phenoxy) is 2. The Bertz CT molecular complexity index is 846. The third kappa shape index (κ3) is 4.60. The van der Waals surface area contributed by atoms with Crippen molar-refractivity contribution in [3.05, 3.63) is 25.3 Å². The Morgan fingerprint density at radius 3 is 2.66 bits per heavy atom. The van der Waals surface area contributed by atoms with Gasteiger partial charge in [0.1, 0.15) is 11.6 Å². The SMILES string of the molecule is C=CCCOC(=O)[C@H]1[C@H]2C(=O)N(CCCO)C(C(=O)N(CC=C)C3CCCCC3)C23CC(Br)[C@@H]1O3. The van der Waals surface area contributed by atoms with E-state index in [1.807, 2.05) is 4.90 Å². The highest BCUT2D eigenvalue weighted by Crippen LogP contribution is 2.60. The van der Waals surface area contributed by atoms with Crippen LogP contribution in [-0.2, 0) is 23.9 Å². The zero-order valence-electron chi connectivity index (χ0n) is 20.3. The first-order valence-electron chi connectivity index (χ1n) is 12.8. The number of alkyl halides is 1. The van der Waals surface area contributed by atoms with Crippen LogP contribution in [-0.4, -0.2) is 87.6 Å². The lowest BCUT2D eigenvalue weighted by Gasteiger charge is -2.41. The van der Waals surface area contributed by atoms with Crippen LogP contribution < -0.4 is 0 Å². The topological polar surface area (TPSA) is 96.4 Å². The summed E-state index contributed by atoms with van der Waals surface area (Å²) in [6.07, 6.45) is 9.35. The number of aliphatic hydroxyl groups is 1. The summed E-state index contributed by atoms with van der Waals surface area (Å²) in [5.41, 5.74) is -1.10. The summed E-state index contributed by atoms with van der Waals surface area (Å²) in [7, 11) is 0. The second kappa shape index (κ2) is 11.1. The molecule has 2 bridgehead atoms. The van der Waals surface area contributed by atoms with E-state index in [0.717, 1.165) is 32.1 Å². The van der Waals surface area contributed by atoms with Crippen molar-refractivity contribution >= 4 is 33.7 Å². The Labute approximate surface area is 215 Å². The van der Waals surface area contributed by atoms with Gasteiger partial charge in [-0.3, -0.25) is 14.4 Å². The molecule has 0 radical (unpaired) electrons. The van der Waals surface area contributed by atoms with Gasteiger partial charge in [-0.15, -0.1) is 13.2 Å². The van der Waals surface area contributed by atoms with Crippen molar-refractivity contribution in [2.45, 2.75) is 80.0 Å². The fourth-order valence-electron chi connectivity index (χ4n) is 6.61. The molecule has 0 aromatic heterocycles. The van der Waals surface area contributed by atoms with E-state index in [4.69, 9.17) is 9.47 Å². The van der Waals surface area contributed by atoms with Gasteiger partial charge in [-0.1, -0.05) is 47.3 Å². The van der Waals surface area contributed by atoms with E-state index in [2.05, 4.69) is 29.1 Å². The van der Waals surface area contributed by atoms with Crippen molar-refractivity contribution in [2.75, 3.05) is 26.3 Å². The van der Waals surface area contributed by atoms with Crippen LogP contribution in [0.5, 0.6) is 0 Å². The summed E-state index contributed by atoms with van der Waals surface area (Å²) < 4.78 is 12.0. The molecule has 3 aliphatic heterocycles. The number of aliphatic hydroxyl groups excluding tert-OH is 1. The summed E-state index contributed by atoms with van der Waals surface area (Å²) >= 11 is 3.67. The van der Waals surface area contributed by atoms with Gasteiger partial charge in [0.25, 0.3) is 0 Å². The number of carbonyl (C=O) groups excluding carboxylic acids is 3. The number of esters is 1. The lowest BCUT2D eigenvalue weighted by atomic mass is 9.70. The Kier molecular flexibility index (Phi) is 8.38. The summed E-state index contributed by atoms with van der Waals surface area (Å²) in [6, 6.07) is -0.748. The van der Waals surface area contributed by atoms with Crippen LogP contribution in [0.25, 0.3) is 0 Å². The lowest BCUT2D eigenvalue weighted by molar-refractivity contribution is -0.155. The molecule has 3 heterocycles. The van der Waals surface area contributed by atoms with Crippen LogP contribution in [0.4, 0.5) is 0 Å². The molecule has 3 unspecified atom stereocenters. The van der Waals surface area contributed by atoms with Crippen LogP contribution in [0.3, 0.4) is 0 Å². The normalized spacial score (nSPS) is 34.1. The molecule has 2 amide bonds. The van der Waals surface area contributed by atoms with Gasteiger partial charge in [-0.05, 0) is 32.1 Å². The molecule has 9 heteroatoms. The second-order valence-corrected chi connectivity index (χ2v) is 11.3. The highest BCUT2D eigenvalue weighted by atomic mass is 79.9. The molecule has 4 aliphatic rings. The van der Waals surface area contributed by atoms with Crippen molar-refractivity contribution in [1.29, 1.82) is 0 Å². The van der Waals surface area contributed by atoms with Gasteiger partial charge in [0, 0.05) is 30.6 Å². The van der Waals surface area contributed by atoms with Gasteiger partial charge in [0.2, 0.25) is 11.8 Å². The molecule has 0 aromatic carbocycles. The first-order valence-corrected chi connectivity index (χ1v) is 13.7. The minimum absolute atomic E-state index is 0.0949. The molecule has 1 spiro atoms. The molecule has 3 saturated heterocycles. The van der Waals surface area contributed by atoms with Crippen molar-refractivity contribution in [2.24, 2.45) is 11.8 Å². The largest absolute Gasteiger partial charge is 0.465 e. The Hall–Kier alpha value is -1.71. The summed E-state index contributed by atoms with van der Waals surface area (Å²) in [4.78, 5) is 44.5. The number of hydrogen-bond donors (Lipinski definition) is 1. The Balaban J connectivity index is 1.69. The average Bonchev–Trinajstić information content (AvgIpc) is 3.44. The molecule has 4 fully saturated rings. The molecule has 0 aromatic rings. The number of carbonyl (C=O) groups is 3. The minimum atomic E-state index is -1.10. The van der Waals surface area contributed by atoms with Gasteiger partial charge in [0.05, 0.1) is 24.5 Å². The zero-order chi connectivity index (χ0) is 25.2. The molecule has 194 valence electrons. The van der Waals surface area contributed by atoms with Crippen LogP contribution >= 0.6 is 15.9 Å². The quantitative estimate of drug-likeness (QED) is 0.183. The molecule has 8 nitrogen and oxygen atoms in total. The Morgan fingerprint density at radius 1 is 1.26 bits per heavy atom. The standard InChI is InChI=1S/C26H37BrN2O6/c1-3-5-15-34-25(33)19-20-23(31)29(13-9-14-30)22(26(20)16-18(27)21(19)35-26)24(32)28(12-4-2)17-10-7-6-8-11-17/h3-4,17-22,30H,1-2,5-16H2/t18?,19-,20-,21-,22?,26?/m0/s1. The molecular weight excluding hydrogens is 516 g/mol. The first-order chi connectivity index (χ1) is 16.9. The average molecular weight is 553 g/mol. The van der Waals surface area contributed by atoms with Gasteiger partial charge in [-0.2, -0.15) is 0 Å². The molecule has 1 saturated carbocycles. The highest BCUT2D eigenvalue weighted by Gasteiger charge is 2.77. The minimum Gasteiger partial charge on any atom is -0.465 e. The third-order valence-electron chi connectivity index (χ3n) is 8.04. The maximum atomic E-state index is 14.3. The summed E-state index contributed by atoms with van der Waals surface area (Å²) in [5.74, 6) is -2.42. The zero-order valence-corrected chi connectivity index (χ0v) is 21.9. The lowest BCUT2D eigenvalue weighted by Crippen LogP contribution is -2.58. The van der Waals surface area contributed by atoms with E-state index in [1.165, 1.54) is 0 Å². The smallest absolute Gasteiger partial charge is 0.312 e. The van der Waals surface area contributed by atoms with E-state index in [-0.39, 0.29) is 42.4 Å². The number of likely N-dealkylation sites (tertiary alicyclic amines) is 1. The number of hydrogen-bond acceptors (Lipinski definition) is 6. The molecule has 1 aliphatic carbocycles. The maximum absolute atomic E-state index is 14.3. The number of amides is 2. The first kappa shape index (κ1) is 26.4. The van der Waals surface area contributed by atoms with Gasteiger partial charge >= 0.3 is 5.97 Å². The molecule has 4 rings (SSSR count). The number of nitrogens with zero attached hydrogens (tertiary/aromatic N) is 2. The monoisotopic (exact) mass is 552 g/mol. The van der Waals surface area contributed by atoms with Crippen molar-refractivity contribution in [1.82, 2.24) is 9.80 Å². The third-order valence-corrected chi connectivity index (χ3v) is 8.89. The predicted molar refractivity (Wildman–Crippen MR) is 134 cm³/mol. The van der Waals surface area contributed by atoms with E-state index in [0.29, 0.717) is 25.8 Å². The summed E-state index contributed by atoms with van der Waals surface area (Å²) in [5, 5.41) is 9.50. The van der Waals surface area contributed by atoms with Crippen LogP contribution in [0.1, 0.15) is 51.4 Å². The molecule has 35 heavy (non-hydrogen) atoms. The van der Waals surface area contributed by atoms with Crippen LogP contribution in [0, 0.1) is 11.8 Å². The van der Waals surface area contributed by atoms with Crippen LogP contribution in [0.2, 0.25) is 0 Å².